The lowest BCUT2D eigenvalue weighted by atomic mass is 10.1. The maximum absolute atomic E-state index is 12.2. The summed E-state index contributed by atoms with van der Waals surface area (Å²) < 4.78 is 2.08. The van der Waals surface area contributed by atoms with Gasteiger partial charge in [-0.3, -0.25) is 9.36 Å². The van der Waals surface area contributed by atoms with E-state index in [1.54, 1.807) is 0 Å². The first kappa shape index (κ1) is 18.2. The largest absolute Gasteiger partial charge is 0.325 e. The average molecular weight is 366 g/mol. The number of aryl methyl sites for hydroxylation is 1. The minimum Gasteiger partial charge on any atom is -0.325 e. The Labute approximate surface area is 157 Å². The van der Waals surface area contributed by atoms with E-state index < -0.39 is 0 Å². The van der Waals surface area contributed by atoms with Crippen LogP contribution in [-0.4, -0.2) is 26.4 Å². The summed E-state index contributed by atoms with van der Waals surface area (Å²) >= 11 is 1.40. The van der Waals surface area contributed by atoms with Gasteiger partial charge >= 0.3 is 0 Å². The van der Waals surface area contributed by atoms with E-state index in [1.807, 2.05) is 42.5 Å². The van der Waals surface area contributed by atoms with Gasteiger partial charge in [-0.15, -0.1) is 10.2 Å². The van der Waals surface area contributed by atoms with Gasteiger partial charge in [-0.1, -0.05) is 53.7 Å². The smallest absolute Gasteiger partial charge is 0.234 e. The van der Waals surface area contributed by atoms with Crippen LogP contribution in [0.4, 0.5) is 5.69 Å². The number of hydrogen-bond acceptors (Lipinski definition) is 4. The fraction of sp³-hybridized carbons (Fsp3) is 0.250. The summed E-state index contributed by atoms with van der Waals surface area (Å²) in [6, 6.07) is 17.9. The lowest BCUT2D eigenvalue weighted by Crippen LogP contribution is -2.15. The molecule has 0 fully saturated rings. The number of nitrogens with one attached hydrogen (secondary N) is 1. The summed E-state index contributed by atoms with van der Waals surface area (Å²) in [6.45, 7) is 6.25. The quantitative estimate of drug-likeness (QED) is 0.650. The molecular formula is C20H22N4OS. The molecule has 1 N–H and O–H groups in total. The van der Waals surface area contributed by atoms with Crippen molar-refractivity contribution in [3.63, 3.8) is 0 Å². The highest BCUT2D eigenvalue weighted by Gasteiger charge is 2.18. The molecule has 1 aromatic heterocycles. The van der Waals surface area contributed by atoms with Gasteiger partial charge in [-0.2, -0.15) is 0 Å². The first-order chi connectivity index (χ1) is 12.5. The predicted octanol–water partition coefficient (Wildman–Crippen LogP) is 4.57. The number of anilines is 1. The van der Waals surface area contributed by atoms with Gasteiger partial charge in [0.1, 0.15) is 0 Å². The molecule has 0 spiro atoms. The highest BCUT2D eigenvalue weighted by atomic mass is 32.2. The van der Waals surface area contributed by atoms with Crippen molar-refractivity contribution in [2.24, 2.45) is 0 Å². The van der Waals surface area contributed by atoms with Crippen molar-refractivity contribution in [2.45, 2.75) is 32.0 Å². The Bertz CT molecular complexity index is 890. The van der Waals surface area contributed by atoms with Crippen LogP contribution >= 0.6 is 11.8 Å². The van der Waals surface area contributed by atoms with Gasteiger partial charge in [0.2, 0.25) is 5.91 Å². The topological polar surface area (TPSA) is 59.8 Å². The molecule has 1 amide bonds. The second kappa shape index (κ2) is 8.19. The normalized spacial score (nSPS) is 10.9. The van der Waals surface area contributed by atoms with Crippen LogP contribution in [0, 0.1) is 6.92 Å². The highest BCUT2D eigenvalue weighted by Crippen LogP contribution is 2.28. The van der Waals surface area contributed by atoms with E-state index in [1.165, 1.54) is 17.3 Å². The minimum atomic E-state index is -0.0587. The molecule has 0 bridgehead atoms. The van der Waals surface area contributed by atoms with Gasteiger partial charge in [0.05, 0.1) is 5.75 Å². The van der Waals surface area contributed by atoms with Gasteiger partial charge in [0.15, 0.2) is 11.0 Å². The summed E-state index contributed by atoms with van der Waals surface area (Å²) in [4.78, 5) is 12.2. The van der Waals surface area contributed by atoms with Crippen LogP contribution in [-0.2, 0) is 4.79 Å². The molecule has 0 unspecified atom stereocenters. The van der Waals surface area contributed by atoms with Crippen molar-refractivity contribution >= 4 is 23.4 Å². The zero-order chi connectivity index (χ0) is 18.5. The molecule has 26 heavy (non-hydrogen) atoms. The molecule has 0 aliphatic heterocycles. The van der Waals surface area contributed by atoms with E-state index in [4.69, 9.17) is 0 Å². The van der Waals surface area contributed by atoms with E-state index in [-0.39, 0.29) is 17.7 Å². The monoisotopic (exact) mass is 366 g/mol. The number of hydrogen-bond donors (Lipinski definition) is 1. The Morgan fingerprint density at radius 3 is 2.58 bits per heavy atom. The molecule has 6 heteroatoms. The van der Waals surface area contributed by atoms with Crippen molar-refractivity contribution < 1.29 is 4.79 Å². The number of para-hydroxylation sites is 1. The standard InChI is InChI=1S/C20H22N4OS/c1-14(2)24-19(16-9-7-8-15(3)12-16)22-23-20(24)26-13-18(25)21-17-10-5-4-6-11-17/h4-12,14H,13H2,1-3H3,(H,21,25). The second-order valence-electron chi connectivity index (χ2n) is 6.34. The van der Waals surface area contributed by atoms with E-state index in [0.29, 0.717) is 0 Å². The highest BCUT2D eigenvalue weighted by molar-refractivity contribution is 7.99. The van der Waals surface area contributed by atoms with Crippen molar-refractivity contribution in [2.75, 3.05) is 11.1 Å². The number of carbonyl (C=O) groups excluding carboxylic acids is 1. The molecular weight excluding hydrogens is 344 g/mol. The first-order valence-electron chi connectivity index (χ1n) is 8.54. The Kier molecular flexibility index (Phi) is 5.73. The molecule has 5 nitrogen and oxygen atoms in total. The van der Waals surface area contributed by atoms with Crippen LogP contribution in [0.15, 0.2) is 59.8 Å². The maximum atomic E-state index is 12.2. The summed E-state index contributed by atoms with van der Waals surface area (Å²) in [7, 11) is 0. The molecule has 1 heterocycles. The third-order valence-electron chi connectivity index (χ3n) is 3.85. The summed E-state index contributed by atoms with van der Waals surface area (Å²) in [5.41, 5.74) is 3.01. The molecule has 0 saturated heterocycles. The fourth-order valence-electron chi connectivity index (χ4n) is 2.67. The third kappa shape index (κ3) is 4.32. The van der Waals surface area contributed by atoms with Crippen LogP contribution in [0.1, 0.15) is 25.5 Å². The van der Waals surface area contributed by atoms with E-state index in [9.17, 15) is 4.79 Å². The summed E-state index contributed by atoms with van der Waals surface area (Å²) in [6.07, 6.45) is 0. The van der Waals surface area contributed by atoms with Crippen LogP contribution in [0.5, 0.6) is 0 Å². The predicted molar refractivity (Wildman–Crippen MR) is 106 cm³/mol. The van der Waals surface area contributed by atoms with Crippen LogP contribution < -0.4 is 5.32 Å². The van der Waals surface area contributed by atoms with Crippen molar-refractivity contribution in [1.29, 1.82) is 0 Å². The maximum Gasteiger partial charge on any atom is 0.234 e. The molecule has 134 valence electrons. The third-order valence-corrected chi connectivity index (χ3v) is 4.79. The molecule has 3 rings (SSSR count). The number of amides is 1. The number of thioether (sulfide) groups is 1. The molecule has 0 aliphatic rings. The fourth-order valence-corrected chi connectivity index (χ4v) is 3.54. The molecule has 0 saturated carbocycles. The minimum absolute atomic E-state index is 0.0587. The van der Waals surface area contributed by atoms with E-state index in [2.05, 4.69) is 53.0 Å². The molecule has 2 aromatic carbocycles. The Balaban J connectivity index is 1.75. The van der Waals surface area contributed by atoms with E-state index >= 15 is 0 Å². The zero-order valence-electron chi connectivity index (χ0n) is 15.1. The number of rotatable bonds is 6. The van der Waals surface area contributed by atoms with Crippen LogP contribution in [0.25, 0.3) is 11.4 Å². The van der Waals surface area contributed by atoms with Crippen molar-refractivity contribution in [3.05, 3.63) is 60.2 Å². The molecule has 3 aromatic rings. The lowest BCUT2D eigenvalue weighted by molar-refractivity contribution is -0.113. The number of benzene rings is 2. The number of carbonyl (C=O) groups is 1. The van der Waals surface area contributed by atoms with Gasteiger partial charge in [0.25, 0.3) is 0 Å². The zero-order valence-corrected chi connectivity index (χ0v) is 16.0. The van der Waals surface area contributed by atoms with Crippen molar-refractivity contribution in [3.8, 4) is 11.4 Å². The Hall–Kier alpha value is -2.60. The van der Waals surface area contributed by atoms with Crippen molar-refractivity contribution in [1.82, 2.24) is 14.8 Å². The SMILES string of the molecule is Cc1cccc(-c2nnc(SCC(=O)Nc3ccccc3)n2C(C)C)c1. The van der Waals surface area contributed by atoms with Crippen LogP contribution in [0.2, 0.25) is 0 Å². The van der Waals surface area contributed by atoms with Gasteiger partial charge in [-0.05, 0) is 39.0 Å². The second-order valence-corrected chi connectivity index (χ2v) is 7.28. The van der Waals surface area contributed by atoms with Gasteiger partial charge < -0.3 is 5.32 Å². The van der Waals surface area contributed by atoms with Crippen LogP contribution in [0.3, 0.4) is 0 Å². The lowest BCUT2D eigenvalue weighted by Gasteiger charge is -2.14. The molecule has 0 aliphatic carbocycles. The summed E-state index contributed by atoms with van der Waals surface area (Å²) in [5.74, 6) is 1.05. The number of aromatic nitrogens is 3. The first-order valence-corrected chi connectivity index (χ1v) is 9.53. The average Bonchev–Trinajstić information content (AvgIpc) is 3.05. The van der Waals surface area contributed by atoms with E-state index in [0.717, 1.165) is 22.2 Å². The number of nitrogens with zero attached hydrogens (tertiary/aromatic N) is 3. The molecule has 0 radical (unpaired) electrons. The van der Waals surface area contributed by atoms with Gasteiger partial charge in [0, 0.05) is 17.3 Å². The Morgan fingerprint density at radius 2 is 1.88 bits per heavy atom. The van der Waals surface area contributed by atoms with Gasteiger partial charge in [-0.25, -0.2) is 0 Å². The molecule has 0 atom stereocenters. The summed E-state index contributed by atoms with van der Waals surface area (Å²) in [5, 5.41) is 12.3. The Morgan fingerprint density at radius 1 is 1.12 bits per heavy atom.